The van der Waals surface area contributed by atoms with Crippen LogP contribution in [0.15, 0.2) is 0 Å². The minimum Gasteiger partial charge on any atom is -0.465 e. The third-order valence-electron chi connectivity index (χ3n) is 2.03. The van der Waals surface area contributed by atoms with Crippen molar-refractivity contribution in [2.45, 2.75) is 38.0 Å². The molecule has 2 unspecified atom stereocenters. The molecule has 1 rings (SSSR count). The number of hydrazine groups is 1. The Bertz CT molecular complexity index is 232. The highest BCUT2D eigenvalue weighted by molar-refractivity contribution is 5.76. The fraction of sp³-hybridized carbons (Fsp3) is 0.875. The first-order valence-corrected chi connectivity index (χ1v) is 4.69. The molecule has 88 valence electrons. The molecule has 1 aliphatic heterocycles. The molecule has 0 spiro atoms. The topological polar surface area (TPSA) is 50.4 Å². The second-order valence-electron chi connectivity index (χ2n) is 3.34. The van der Waals surface area contributed by atoms with E-state index < -0.39 is 24.2 Å². The maximum Gasteiger partial charge on any atom is 0.405 e. The summed E-state index contributed by atoms with van der Waals surface area (Å²) in [5, 5.41) is 0. The van der Waals surface area contributed by atoms with Crippen LogP contribution in [0.5, 0.6) is 0 Å². The van der Waals surface area contributed by atoms with Crippen LogP contribution in [0.1, 0.15) is 19.8 Å². The lowest BCUT2D eigenvalue weighted by atomic mass is 10.1. The smallest absolute Gasteiger partial charge is 0.405 e. The monoisotopic (exact) mass is 226 g/mol. The average molecular weight is 226 g/mol. The molecule has 0 saturated carbocycles. The third-order valence-corrected chi connectivity index (χ3v) is 2.03. The van der Waals surface area contributed by atoms with Gasteiger partial charge in [-0.3, -0.25) is 4.79 Å². The SMILES string of the molecule is CCCOC(=O)C1CC(C(F)(F)F)NN1. The first-order valence-electron chi connectivity index (χ1n) is 4.69. The lowest BCUT2D eigenvalue weighted by Gasteiger charge is -2.12. The van der Waals surface area contributed by atoms with E-state index in [9.17, 15) is 18.0 Å². The largest absolute Gasteiger partial charge is 0.465 e. The summed E-state index contributed by atoms with van der Waals surface area (Å²) in [6, 6.07) is -2.60. The molecule has 2 atom stereocenters. The summed E-state index contributed by atoms with van der Waals surface area (Å²) in [6.07, 6.45) is -4.02. The van der Waals surface area contributed by atoms with Crippen molar-refractivity contribution in [3.63, 3.8) is 0 Å². The second-order valence-corrected chi connectivity index (χ2v) is 3.34. The number of nitrogens with one attached hydrogen (secondary N) is 2. The van der Waals surface area contributed by atoms with E-state index in [0.717, 1.165) is 0 Å². The lowest BCUT2D eigenvalue weighted by Crippen LogP contribution is -2.42. The Morgan fingerprint density at radius 3 is 2.60 bits per heavy atom. The predicted molar refractivity (Wildman–Crippen MR) is 45.8 cm³/mol. The molecular formula is C8H13F3N2O2. The zero-order valence-electron chi connectivity index (χ0n) is 8.23. The van der Waals surface area contributed by atoms with E-state index in [1.165, 1.54) is 0 Å². The molecular weight excluding hydrogens is 213 g/mol. The maximum absolute atomic E-state index is 12.2. The van der Waals surface area contributed by atoms with Crippen molar-refractivity contribution in [3.05, 3.63) is 0 Å². The van der Waals surface area contributed by atoms with Gasteiger partial charge in [0.25, 0.3) is 0 Å². The average Bonchev–Trinajstić information content (AvgIpc) is 2.62. The van der Waals surface area contributed by atoms with Crippen LogP contribution in [-0.4, -0.2) is 30.8 Å². The van der Waals surface area contributed by atoms with E-state index in [-0.39, 0.29) is 13.0 Å². The second kappa shape index (κ2) is 4.80. The quantitative estimate of drug-likeness (QED) is 0.697. The fourth-order valence-electron chi connectivity index (χ4n) is 1.23. The van der Waals surface area contributed by atoms with Crippen LogP contribution >= 0.6 is 0 Å². The Balaban J connectivity index is 2.39. The maximum atomic E-state index is 12.2. The number of halogens is 3. The first-order chi connectivity index (χ1) is 6.95. The van der Waals surface area contributed by atoms with Gasteiger partial charge >= 0.3 is 12.1 Å². The van der Waals surface area contributed by atoms with Crippen LogP contribution in [0.4, 0.5) is 13.2 Å². The zero-order chi connectivity index (χ0) is 11.5. The molecule has 7 heteroatoms. The van der Waals surface area contributed by atoms with Gasteiger partial charge in [0.2, 0.25) is 0 Å². The molecule has 0 amide bonds. The number of alkyl halides is 3. The molecule has 1 fully saturated rings. The molecule has 2 N–H and O–H groups in total. The molecule has 0 aromatic rings. The van der Waals surface area contributed by atoms with Crippen LogP contribution < -0.4 is 10.9 Å². The first kappa shape index (κ1) is 12.3. The number of carbonyl (C=O) groups excluding carboxylic acids is 1. The zero-order valence-corrected chi connectivity index (χ0v) is 8.23. The minimum atomic E-state index is -4.34. The van der Waals surface area contributed by atoms with Gasteiger partial charge in [0, 0.05) is 6.42 Å². The fourth-order valence-corrected chi connectivity index (χ4v) is 1.23. The summed E-state index contributed by atoms with van der Waals surface area (Å²) in [6.45, 7) is 2.04. The van der Waals surface area contributed by atoms with Crippen LogP contribution in [0.3, 0.4) is 0 Å². The van der Waals surface area contributed by atoms with E-state index in [0.29, 0.717) is 6.42 Å². The van der Waals surface area contributed by atoms with Gasteiger partial charge < -0.3 is 4.74 Å². The van der Waals surface area contributed by atoms with Crippen LogP contribution in [-0.2, 0) is 9.53 Å². The van der Waals surface area contributed by atoms with Gasteiger partial charge in [0.1, 0.15) is 12.1 Å². The summed E-state index contributed by atoms with van der Waals surface area (Å²) in [4.78, 5) is 11.2. The van der Waals surface area contributed by atoms with Crippen molar-refractivity contribution in [1.29, 1.82) is 0 Å². The van der Waals surface area contributed by atoms with E-state index in [2.05, 4.69) is 5.43 Å². The van der Waals surface area contributed by atoms with Crippen molar-refractivity contribution in [2.24, 2.45) is 0 Å². The molecule has 0 aliphatic carbocycles. The van der Waals surface area contributed by atoms with E-state index >= 15 is 0 Å². The molecule has 0 radical (unpaired) electrons. The van der Waals surface area contributed by atoms with Crippen molar-refractivity contribution in [2.75, 3.05) is 6.61 Å². The molecule has 1 saturated heterocycles. The third kappa shape index (κ3) is 3.35. The van der Waals surface area contributed by atoms with Crippen LogP contribution in [0, 0.1) is 0 Å². The number of esters is 1. The van der Waals surface area contributed by atoms with Gasteiger partial charge in [-0.05, 0) is 6.42 Å². The molecule has 0 aromatic carbocycles. The molecule has 1 heterocycles. The Hall–Kier alpha value is -0.820. The highest BCUT2D eigenvalue weighted by Crippen LogP contribution is 2.25. The summed E-state index contributed by atoms with van der Waals surface area (Å²) >= 11 is 0. The lowest BCUT2D eigenvalue weighted by molar-refractivity contribution is -0.154. The summed E-state index contributed by atoms with van der Waals surface area (Å²) in [5.41, 5.74) is 4.31. The highest BCUT2D eigenvalue weighted by Gasteiger charge is 2.46. The van der Waals surface area contributed by atoms with Crippen LogP contribution in [0.2, 0.25) is 0 Å². The van der Waals surface area contributed by atoms with Gasteiger partial charge in [-0.25, -0.2) is 10.9 Å². The van der Waals surface area contributed by atoms with E-state index in [1.54, 1.807) is 0 Å². The predicted octanol–water partition coefficient (Wildman–Crippen LogP) is 0.737. The van der Waals surface area contributed by atoms with Crippen molar-refractivity contribution >= 4 is 5.97 Å². The summed E-state index contributed by atoms with van der Waals surface area (Å²) < 4.78 is 41.3. The Morgan fingerprint density at radius 2 is 2.13 bits per heavy atom. The van der Waals surface area contributed by atoms with Crippen LogP contribution in [0.25, 0.3) is 0 Å². The van der Waals surface area contributed by atoms with Crippen molar-refractivity contribution in [1.82, 2.24) is 10.9 Å². The van der Waals surface area contributed by atoms with Gasteiger partial charge in [0.15, 0.2) is 0 Å². The standard InChI is InChI=1S/C8H13F3N2O2/c1-2-3-15-7(14)5-4-6(13-12-5)8(9,10)11/h5-6,12-13H,2-4H2,1H3. The molecule has 1 aliphatic rings. The molecule has 15 heavy (non-hydrogen) atoms. The highest BCUT2D eigenvalue weighted by atomic mass is 19.4. The number of carbonyl (C=O) groups is 1. The molecule has 0 aromatic heterocycles. The van der Waals surface area contributed by atoms with E-state index in [4.69, 9.17) is 4.74 Å². The van der Waals surface area contributed by atoms with E-state index in [1.807, 2.05) is 12.3 Å². The Morgan fingerprint density at radius 1 is 1.47 bits per heavy atom. The summed E-state index contributed by atoms with van der Waals surface area (Å²) in [5.74, 6) is -0.642. The summed E-state index contributed by atoms with van der Waals surface area (Å²) in [7, 11) is 0. The Kier molecular flexibility index (Phi) is 3.92. The minimum absolute atomic E-state index is 0.230. The van der Waals surface area contributed by atoms with Gasteiger partial charge in [-0.1, -0.05) is 6.92 Å². The number of hydrogen-bond donors (Lipinski definition) is 2. The number of hydrogen-bond acceptors (Lipinski definition) is 4. The van der Waals surface area contributed by atoms with Gasteiger partial charge in [-0.15, -0.1) is 0 Å². The van der Waals surface area contributed by atoms with Gasteiger partial charge in [0.05, 0.1) is 6.61 Å². The normalized spacial score (nSPS) is 26.7. The van der Waals surface area contributed by atoms with Crippen molar-refractivity contribution < 1.29 is 22.7 Å². The Labute approximate surface area is 85.1 Å². The number of rotatable bonds is 3. The molecule has 4 nitrogen and oxygen atoms in total. The number of ether oxygens (including phenoxy) is 1. The van der Waals surface area contributed by atoms with Gasteiger partial charge in [-0.2, -0.15) is 13.2 Å². The van der Waals surface area contributed by atoms with Crippen molar-refractivity contribution in [3.8, 4) is 0 Å². The molecule has 0 bridgehead atoms.